The van der Waals surface area contributed by atoms with Crippen molar-refractivity contribution in [1.29, 1.82) is 0 Å². The number of anilines is 1. The van der Waals surface area contributed by atoms with Crippen molar-refractivity contribution < 1.29 is 22.7 Å². The van der Waals surface area contributed by atoms with E-state index in [0.717, 1.165) is 21.0 Å². The summed E-state index contributed by atoms with van der Waals surface area (Å²) in [6, 6.07) is 28.5. The van der Waals surface area contributed by atoms with Gasteiger partial charge in [-0.25, -0.2) is 8.42 Å². The lowest BCUT2D eigenvalue weighted by molar-refractivity contribution is -0.140. The highest BCUT2D eigenvalue weighted by Gasteiger charge is 2.34. The SMILES string of the molecule is COc1ccc(S(=O)(=O)N(CC(=O)N(Cc2ccc(C)cc2)[C@@H](Cc2ccccc2)C(=O)NCC(C)C)c2cccc(Cl)c2)cc1. The van der Waals surface area contributed by atoms with Gasteiger partial charge in [-0.2, -0.15) is 0 Å². The van der Waals surface area contributed by atoms with E-state index in [1.807, 2.05) is 75.4 Å². The second kappa shape index (κ2) is 15.8. The molecular formula is C36H40ClN3O5S. The fraction of sp³-hybridized carbons (Fsp3) is 0.278. The van der Waals surface area contributed by atoms with Gasteiger partial charge in [0.05, 0.1) is 17.7 Å². The lowest BCUT2D eigenvalue weighted by atomic mass is 10.0. The third-order valence-corrected chi connectivity index (χ3v) is 9.47. The minimum absolute atomic E-state index is 0.0262. The minimum Gasteiger partial charge on any atom is -0.497 e. The molecule has 2 amide bonds. The van der Waals surface area contributed by atoms with E-state index in [9.17, 15) is 18.0 Å². The van der Waals surface area contributed by atoms with Gasteiger partial charge in [0.15, 0.2) is 0 Å². The largest absolute Gasteiger partial charge is 0.497 e. The van der Waals surface area contributed by atoms with Crippen LogP contribution in [0.4, 0.5) is 5.69 Å². The van der Waals surface area contributed by atoms with Crippen molar-refractivity contribution in [1.82, 2.24) is 10.2 Å². The van der Waals surface area contributed by atoms with Crippen LogP contribution in [0, 0.1) is 12.8 Å². The molecular weight excluding hydrogens is 622 g/mol. The first-order chi connectivity index (χ1) is 22.0. The topological polar surface area (TPSA) is 96.0 Å². The molecule has 4 rings (SSSR count). The number of rotatable bonds is 14. The van der Waals surface area contributed by atoms with Gasteiger partial charge in [-0.1, -0.05) is 91.7 Å². The molecule has 0 aliphatic heterocycles. The average Bonchev–Trinajstić information content (AvgIpc) is 3.05. The number of benzene rings is 4. The Morgan fingerprint density at radius 1 is 0.870 bits per heavy atom. The average molecular weight is 662 g/mol. The molecule has 1 atom stereocenters. The molecule has 0 saturated carbocycles. The van der Waals surface area contributed by atoms with Crippen molar-refractivity contribution in [3.63, 3.8) is 0 Å². The Balaban J connectivity index is 1.79. The molecule has 0 aliphatic carbocycles. The number of hydrogen-bond acceptors (Lipinski definition) is 5. The molecule has 0 bridgehead atoms. The number of nitrogens with one attached hydrogen (secondary N) is 1. The number of nitrogens with zero attached hydrogens (tertiary/aromatic N) is 2. The van der Waals surface area contributed by atoms with E-state index in [1.54, 1.807) is 30.3 Å². The molecule has 4 aromatic rings. The first-order valence-corrected chi connectivity index (χ1v) is 16.9. The predicted octanol–water partition coefficient (Wildman–Crippen LogP) is 6.26. The first kappa shape index (κ1) is 34.5. The lowest BCUT2D eigenvalue weighted by Crippen LogP contribution is -2.53. The molecule has 0 unspecified atom stereocenters. The quantitative estimate of drug-likeness (QED) is 0.172. The Morgan fingerprint density at radius 3 is 2.15 bits per heavy atom. The molecule has 0 aliphatic rings. The molecule has 10 heteroatoms. The van der Waals surface area contributed by atoms with Crippen LogP contribution in [0.1, 0.15) is 30.5 Å². The van der Waals surface area contributed by atoms with Crippen LogP contribution >= 0.6 is 11.6 Å². The van der Waals surface area contributed by atoms with Crippen LogP contribution in [0.25, 0.3) is 0 Å². The summed E-state index contributed by atoms with van der Waals surface area (Å²) in [6.45, 7) is 5.92. The van der Waals surface area contributed by atoms with Crippen LogP contribution in [0.15, 0.2) is 108 Å². The monoisotopic (exact) mass is 661 g/mol. The number of sulfonamides is 1. The zero-order valence-electron chi connectivity index (χ0n) is 26.5. The maximum atomic E-state index is 14.5. The zero-order valence-corrected chi connectivity index (χ0v) is 28.1. The Kier molecular flexibility index (Phi) is 11.8. The maximum Gasteiger partial charge on any atom is 0.264 e. The number of carbonyl (C=O) groups excluding carboxylic acids is 2. The molecule has 0 aromatic heterocycles. The van der Waals surface area contributed by atoms with E-state index in [1.165, 1.54) is 30.2 Å². The van der Waals surface area contributed by atoms with Crippen molar-refractivity contribution in [3.05, 3.63) is 125 Å². The number of aryl methyl sites for hydroxylation is 1. The number of ether oxygens (including phenoxy) is 1. The third kappa shape index (κ3) is 9.11. The number of carbonyl (C=O) groups is 2. The molecule has 1 N–H and O–H groups in total. The van der Waals surface area contributed by atoms with E-state index in [0.29, 0.717) is 17.3 Å². The Bertz CT molecular complexity index is 1710. The van der Waals surface area contributed by atoms with Gasteiger partial charge in [0, 0.05) is 24.5 Å². The van der Waals surface area contributed by atoms with E-state index in [-0.39, 0.29) is 35.4 Å². The highest BCUT2D eigenvalue weighted by Crippen LogP contribution is 2.28. The fourth-order valence-electron chi connectivity index (χ4n) is 4.90. The molecule has 4 aromatic carbocycles. The van der Waals surface area contributed by atoms with E-state index in [4.69, 9.17) is 16.3 Å². The Labute approximate surface area is 277 Å². The molecule has 8 nitrogen and oxygen atoms in total. The summed E-state index contributed by atoms with van der Waals surface area (Å²) in [4.78, 5) is 29.8. The number of amides is 2. The molecule has 0 radical (unpaired) electrons. The van der Waals surface area contributed by atoms with Crippen LogP contribution in [0.5, 0.6) is 5.75 Å². The van der Waals surface area contributed by atoms with E-state index < -0.39 is 28.5 Å². The number of hydrogen-bond donors (Lipinski definition) is 1. The van der Waals surface area contributed by atoms with Crippen molar-refractivity contribution in [2.75, 3.05) is 24.5 Å². The van der Waals surface area contributed by atoms with Crippen LogP contribution < -0.4 is 14.4 Å². The van der Waals surface area contributed by atoms with Gasteiger partial charge in [0.1, 0.15) is 18.3 Å². The molecule has 0 heterocycles. The number of halogens is 1. The summed E-state index contributed by atoms with van der Waals surface area (Å²) in [5.74, 6) is -0.177. The summed E-state index contributed by atoms with van der Waals surface area (Å²) in [5.41, 5.74) is 2.94. The highest BCUT2D eigenvalue weighted by atomic mass is 35.5. The van der Waals surface area contributed by atoms with Crippen molar-refractivity contribution in [3.8, 4) is 5.75 Å². The van der Waals surface area contributed by atoms with E-state index >= 15 is 0 Å². The molecule has 0 saturated heterocycles. The number of methoxy groups -OCH3 is 1. The first-order valence-electron chi connectivity index (χ1n) is 15.1. The van der Waals surface area contributed by atoms with Gasteiger partial charge in [0.25, 0.3) is 10.0 Å². The summed E-state index contributed by atoms with van der Waals surface area (Å²) < 4.78 is 34.6. The third-order valence-electron chi connectivity index (χ3n) is 7.45. The van der Waals surface area contributed by atoms with Crippen molar-refractivity contribution in [2.24, 2.45) is 5.92 Å². The standard InChI is InChI=1S/C36H40ClN3O5S/c1-26(2)23-38-36(42)34(21-28-9-6-5-7-10-28)39(24-29-15-13-27(3)14-16-29)35(41)25-40(31-12-8-11-30(37)22-31)46(43,44)33-19-17-32(45-4)18-20-33/h5-20,22,26,34H,21,23-25H2,1-4H3,(H,38,42)/t34-/m0/s1. The van der Waals surface area contributed by atoms with Gasteiger partial charge in [-0.3, -0.25) is 13.9 Å². The molecule has 242 valence electrons. The second-order valence-electron chi connectivity index (χ2n) is 11.5. The summed E-state index contributed by atoms with van der Waals surface area (Å²) in [7, 11) is -2.77. The highest BCUT2D eigenvalue weighted by molar-refractivity contribution is 7.92. The zero-order chi connectivity index (χ0) is 33.3. The van der Waals surface area contributed by atoms with Gasteiger partial charge < -0.3 is 15.0 Å². The van der Waals surface area contributed by atoms with Crippen LogP contribution in [0.2, 0.25) is 5.02 Å². The molecule has 46 heavy (non-hydrogen) atoms. The predicted molar refractivity (Wildman–Crippen MR) is 182 cm³/mol. The van der Waals surface area contributed by atoms with Crippen LogP contribution in [-0.4, -0.2) is 51.4 Å². The summed E-state index contributed by atoms with van der Waals surface area (Å²) >= 11 is 6.30. The van der Waals surface area contributed by atoms with E-state index in [2.05, 4.69) is 5.32 Å². The van der Waals surface area contributed by atoms with Gasteiger partial charge >= 0.3 is 0 Å². The van der Waals surface area contributed by atoms with Crippen molar-refractivity contribution in [2.45, 2.75) is 44.7 Å². The second-order valence-corrected chi connectivity index (χ2v) is 13.8. The van der Waals surface area contributed by atoms with Gasteiger partial charge in [-0.05, 0) is 66.4 Å². The maximum absolute atomic E-state index is 14.5. The van der Waals surface area contributed by atoms with Crippen molar-refractivity contribution >= 4 is 39.1 Å². The molecule has 0 spiro atoms. The Morgan fingerprint density at radius 2 is 1.54 bits per heavy atom. The van der Waals surface area contributed by atoms with Crippen LogP contribution in [0.3, 0.4) is 0 Å². The molecule has 0 fully saturated rings. The summed E-state index contributed by atoms with van der Waals surface area (Å²) in [6.07, 6.45) is 0.241. The fourth-order valence-corrected chi connectivity index (χ4v) is 6.49. The lowest BCUT2D eigenvalue weighted by Gasteiger charge is -2.34. The van der Waals surface area contributed by atoms with Crippen LogP contribution in [-0.2, 0) is 32.6 Å². The van der Waals surface area contributed by atoms with Gasteiger partial charge in [0.2, 0.25) is 11.8 Å². The summed E-state index contributed by atoms with van der Waals surface area (Å²) in [5, 5.41) is 3.31. The minimum atomic E-state index is -4.26. The normalized spacial score (nSPS) is 12.0. The Hall–Kier alpha value is -4.34. The smallest absolute Gasteiger partial charge is 0.264 e. The van der Waals surface area contributed by atoms with Gasteiger partial charge in [-0.15, -0.1) is 0 Å².